The minimum absolute atomic E-state index is 0.00189. The van der Waals surface area contributed by atoms with Crippen molar-refractivity contribution < 1.29 is 37.6 Å². The van der Waals surface area contributed by atoms with Crippen molar-refractivity contribution in [3.05, 3.63) is 12.2 Å². The van der Waals surface area contributed by atoms with Crippen LogP contribution in [0.3, 0.4) is 0 Å². The predicted octanol–water partition coefficient (Wildman–Crippen LogP) is 13.3. The number of hydrogen-bond donors (Lipinski definition) is 1. The molecule has 0 aromatic carbocycles. The highest BCUT2D eigenvalue weighted by Gasteiger charge is 2.25. The number of carbonyl (C=O) groups is 2. The van der Waals surface area contributed by atoms with Gasteiger partial charge >= 0.3 is 19.8 Å². The van der Waals surface area contributed by atoms with Crippen molar-refractivity contribution in [1.82, 2.24) is 0 Å². The van der Waals surface area contributed by atoms with E-state index in [1.54, 1.807) is 6.92 Å². The first-order valence-corrected chi connectivity index (χ1v) is 23.0. The fraction of sp³-hybridized carbons (Fsp3) is 0.905. The van der Waals surface area contributed by atoms with Gasteiger partial charge in [-0.05, 0) is 45.4 Å². The molecule has 0 aliphatic carbocycles. The molecule has 0 aliphatic rings. The molecule has 0 saturated carbocycles. The summed E-state index contributed by atoms with van der Waals surface area (Å²) in [5.41, 5.74) is 0. The van der Waals surface area contributed by atoms with Crippen LogP contribution < -0.4 is 0 Å². The molecule has 9 heteroatoms. The van der Waals surface area contributed by atoms with E-state index in [0.717, 1.165) is 51.4 Å². The first kappa shape index (κ1) is 49.8. The van der Waals surface area contributed by atoms with Gasteiger partial charge in [0.2, 0.25) is 0 Å². The van der Waals surface area contributed by atoms with Crippen LogP contribution in [-0.4, -0.2) is 42.8 Å². The SMILES string of the molecule is CCCCC/C=C\CCCCCCCC(=O)OC(COC(=O)CCCCCCCCCCCCCCCCCCCCC)COP(=O)(O)OCC. The zero-order chi connectivity index (χ0) is 37.5. The topological polar surface area (TPSA) is 108 Å². The van der Waals surface area contributed by atoms with Gasteiger partial charge < -0.3 is 14.4 Å². The summed E-state index contributed by atoms with van der Waals surface area (Å²) in [7, 11) is -4.27. The van der Waals surface area contributed by atoms with E-state index < -0.39 is 26.5 Å². The highest BCUT2D eigenvalue weighted by atomic mass is 31.2. The molecule has 0 spiro atoms. The van der Waals surface area contributed by atoms with Gasteiger partial charge in [0, 0.05) is 12.8 Å². The number of carbonyl (C=O) groups excluding carboxylic acids is 2. The second-order valence-electron chi connectivity index (χ2n) is 14.4. The monoisotopic (exact) mass is 745 g/mol. The highest BCUT2D eigenvalue weighted by molar-refractivity contribution is 7.47. The molecule has 0 aromatic heterocycles. The van der Waals surface area contributed by atoms with Gasteiger partial charge in [0.15, 0.2) is 6.10 Å². The van der Waals surface area contributed by atoms with Crippen molar-refractivity contribution in [3.8, 4) is 0 Å². The van der Waals surface area contributed by atoms with Crippen molar-refractivity contribution >= 4 is 19.8 Å². The smallest absolute Gasteiger partial charge is 0.462 e. The Morgan fingerprint density at radius 2 is 0.882 bits per heavy atom. The Hall–Kier alpha value is -1.21. The minimum Gasteiger partial charge on any atom is -0.462 e. The van der Waals surface area contributed by atoms with Crippen LogP contribution in [0, 0.1) is 0 Å². The van der Waals surface area contributed by atoms with E-state index in [1.807, 2.05) is 0 Å². The molecule has 51 heavy (non-hydrogen) atoms. The predicted molar refractivity (Wildman–Crippen MR) is 212 cm³/mol. The summed E-state index contributed by atoms with van der Waals surface area (Å²) < 4.78 is 32.6. The second-order valence-corrected chi connectivity index (χ2v) is 15.8. The molecule has 0 aromatic rings. The van der Waals surface area contributed by atoms with Crippen molar-refractivity contribution in [2.45, 2.75) is 226 Å². The maximum atomic E-state index is 12.5. The van der Waals surface area contributed by atoms with Crippen molar-refractivity contribution in [2.24, 2.45) is 0 Å². The maximum absolute atomic E-state index is 12.5. The van der Waals surface area contributed by atoms with E-state index in [2.05, 4.69) is 26.0 Å². The molecule has 0 radical (unpaired) electrons. The summed E-state index contributed by atoms with van der Waals surface area (Å²) in [5.74, 6) is -0.798. The lowest BCUT2D eigenvalue weighted by atomic mass is 10.0. The van der Waals surface area contributed by atoms with Crippen molar-refractivity contribution in [2.75, 3.05) is 19.8 Å². The minimum atomic E-state index is -4.27. The van der Waals surface area contributed by atoms with Crippen LogP contribution in [0.15, 0.2) is 12.2 Å². The molecule has 8 nitrogen and oxygen atoms in total. The summed E-state index contributed by atoms with van der Waals surface area (Å²) in [4.78, 5) is 34.7. The quantitative estimate of drug-likeness (QED) is 0.0286. The number of phosphoric acid groups is 1. The van der Waals surface area contributed by atoms with Gasteiger partial charge in [-0.25, -0.2) is 4.57 Å². The van der Waals surface area contributed by atoms with Crippen LogP contribution in [0.25, 0.3) is 0 Å². The van der Waals surface area contributed by atoms with Crippen LogP contribution in [0.2, 0.25) is 0 Å². The largest absolute Gasteiger partial charge is 0.472 e. The Labute approximate surface area is 314 Å². The van der Waals surface area contributed by atoms with Gasteiger partial charge in [-0.3, -0.25) is 18.6 Å². The molecule has 0 aliphatic heterocycles. The standard InChI is InChI=1S/C42H81O8P/c1-4-7-9-11-13-15-17-19-20-21-22-23-24-25-27-28-30-32-34-36-41(43)47-38-40(39-49-51(45,46)48-6-3)50-42(44)37-35-33-31-29-26-18-16-14-12-10-8-5-2/h14,16,40H,4-13,15,17-39H2,1-3H3,(H,45,46)/b16-14-. The zero-order valence-electron chi connectivity index (χ0n) is 33.5. The maximum Gasteiger partial charge on any atom is 0.472 e. The van der Waals surface area contributed by atoms with Crippen LogP contribution in [0.5, 0.6) is 0 Å². The van der Waals surface area contributed by atoms with Crippen LogP contribution in [0.4, 0.5) is 0 Å². The normalized spacial score (nSPS) is 13.4. The lowest BCUT2D eigenvalue weighted by Gasteiger charge is -2.19. The average molecular weight is 745 g/mol. The Morgan fingerprint density at radius 1 is 0.510 bits per heavy atom. The molecule has 2 unspecified atom stereocenters. The lowest BCUT2D eigenvalue weighted by Crippen LogP contribution is -2.29. The third kappa shape index (κ3) is 38.3. The van der Waals surface area contributed by atoms with E-state index >= 15 is 0 Å². The number of ether oxygens (including phenoxy) is 2. The number of esters is 2. The molecule has 0 bridgehead atoms. The first-order valence-electron chi connectivity index (χ1n) is 21.5. The summed E-state index contributed by atoms with van der Waals surface area (Å²) in [6.07, 6.45) is 39.8. The Morgan fingerprint density at radius 3 is 1.33 bits per heavy atom. The van der Waals surface area contributed by atoms with E-state index in [1.165, 1.54) is 128 Å². The van der Waals surface area contributed by atoms with E-state index in [4.69, 9.17) is 18.5 Å². The fourth-order valence-electron chi connectivity index (χ4n) is 6.15. The molecular formula is C42H81O8P. The summed E-state index contributed by atoms with van der Waals surface area (Å²) in [6.45, 7) is 5.46. The Kier molecular flexibility index (Phi) is 37.6. The Balaban J connectivity index is 4.01. The number of phosphoric ester groups is 1. The third-order valence-electron chi connectivity index (χ3n) is 9.32. The second kappa shape index (κ2) is 38.5. The number of hydrogen-bond acceptors (Lipinski definition) is 7. The Bertz CT molecular complexity index is 849. The van der Waals surface area contributed by atoms with E-state index in [9.17, 15) is 19.0 Å². The molecule has 1 N–H and O–H groups in total. The van der Waals surface area contributed by atoms with Crippen LogP contribution in [0.1, 0.15) is 220 Å². The fourth-order valence-corrected chi connectivity index (χ4v) is 6.91. The number of allylic oxidation sites excluding steroid dienone is 2. The van der Waals surface area contributed by atoms with Gasteiger partial charge in [-0.1, -0.05) is 174 Å². The first-order chi connectivity index (χ1) is 24.8. The van der Waals surface area contributed by atoms with Gasteiger partial charge in [0.25, 0.3) is 0 Å². The number of rotatable bonds is 40. The molecule has 302 valence electrons. The van der Waals surface area contributed by atoms with E-state index in [-0.39, 0.29) is 25.6 Å². The molecular weight excluding hydrogens is 663 g/mol. The molecule has 0 fully saturated rings. The molecule has 0 heterocycles. The highest BCUT2D eigenvalue weighted by Crippen LogP contribution is 2.43. The van der Waals surface area contributed by atoms with Gasteiger partial charge in [-0.2, -0.15) is 0 Å². The van der Waals surface area contributed by atoms with Gasteiger partial charge in [-0.15, -0.1) is 0 Å². The van der Waals surface area contributed by atoms with Crippen LogP contribution >= 0.6 is 7.82 Å². The molecule has 0 amide bonds. The summed E-state index contributed by atoms with van der Waals surface area (Å²) >= 11 is 0. The average Bonchev–Trinajstić information content (AvgIpc) is 3.10. The summed E-state index contributed by atoms with van der Waals surface area (Å²) in [6, 6.07) is 0. The van der Waals surface area contributed by atoms with E-state index in [0.29, 0.717) is 12.8 Å². The lowest BCUT2D eigenvalue weighted by molar-refractivity contribution is -0.161. The summed E-state index contributed by atoms with van der Waals surface area (Å²) in [5, 5.41) is 0. The molecule has 0 saturated heterocycles. The zero-order valence-corrected chi connectivity index (χ0v) is 34.4. The molecule has 2 atom stereocenters. The van der Waals surface area contributed by atoms with Crippen LogP contribution in [-0.2, 0) is 32.7 Å². The van der Waals surface area contributed by atoms with Crippen molar-refractivity contribution in [1.29, 1.82) is 0 Å². The third-order valence-corrected chi connectivity index (χ3v) is 10.4. The van der Waals surface area contributed by atoms with Crippen molar-refractivity contribution in [3.63, 3.8) is 0 Å². The van der Waals surface area contributed by atoms with Gasteiger partial charge in [0.1, 0.15) is 6.61 Å². The number of unbranched alkanes of at least 4 members (excludes halogenated alkanes) is 26. The van der Waals surface area contributed by atoms with Gasteiger partial charge in [0.05, 0.1) is 13.2 Å². The molecule has 0 rings (SSSR count).